The number of rotatable bonds is 6. The summed E-state index contributed by atoms with van der Waals surface area (Å²) >= 11 is 0. The van der Waals surface area contributed by atoms with Gasteiger partial charge in [-0.3, -0.25) is 19.7 Å². The molecule has 0 aliphatic heterocycles. The van der Waals surface area contributed by atoms with E-state index < -0.39 is 16.7 Å². The first-order valence-corrected chi connectivity index (χ1v) is 6.06. The van der Waals surface area contributed by atoms with Crippen LogP contribution in [-0.4, -0.2) is 58.2 Å². The first-order chi connectivity index (χ1) is 10.0. The van der Waals surface area contributed by atoms with Crippen molar-refractivity contribution in [2.75, 3.05) is 31.6 Å². The molecule has 9 nitrogen and oxygen atoms in total. The van der Waals surface area contributed by atoms with Gasteiger partial charge in [-0.15, -0.1) is 0 Å². The predicted octanol–water partition coefficient (Wildman–Crippen LogP) is -0.654. The monoisotopic (exact) mass is 297 g/mol. The molecule has 0 aliphatic rings. The van der Waals surface area contributed by atoms with Crippen LogP contribution in [0.2, 0.25) is 0 Å². The van der Waals surface area contributed by atoms with E-state index in [4.69, 9.17) is 10.2 Å². The molecule has 1 aromatic rings. The molecule has 2 amide bonds. The van der Waals surface area contributed by atoms with Crippen LogP contribution in [0.4, 0.5) is 11.4 Å². The number of nitro benzene ring substituents is 1. The van der Waals surface area contributed by atoms with Gasteiger partial charge in [-0.25, -0.2) is 0 Å². The van der Waals surface area contributed by atoms with Crippen molar-refractivity contribution in [3.63, 3.8) is 0 Å². The number of nitro groups is 1. The SMILES string of the molecule is O=C(Nc1ccccc1[N+](=O)[O-])C(=O)N(CCO)CCO. The van der Waals surface area contributed by atoms with Crippen LogP contribution in [0.3, 0.4) is 0 Å². The minimum atomic E-state index is -1.08. The summed E-state index contributed by atoms with van der Waals surface area (Å²) in [5.41, 5.74) is -0.441. The number of nitrogens with one attached hydrogen (secondary N) is 1. The van der Waals surface area contributed by atoms with Gasteiger partial charge >= 0.3 is 11.8 Å². The van der Waals surface area contributed by atoms with E-state index in [1.807, 2.05) is 0 Å². The van der Waals surface area contributed by atoms with E-state index in [0.29, 0.717) is 0 Å². The standard InChI is InChI=1S/C12H15N3O6/c16-7-5-14(6-8-17)12(19)11(18)13-9-3-1-2-4-10(9)15(20)21/h1-4,16-17H,5-8H2,(H,13,18). The van der Waals surface area contributed by atoms with Crippen molar-refractivity contribution < 1.29 is 24.7 Å². The summed E-state index contributed by atoms with van der Waals surface area (Å²) in [5.74, 6) is -2.07. The van der Waals surface area contributed by atoms with Crippen LogP contribution in [0, 0.1) is 10.1 Å². The number of amides is 2. The molecule has 0 heterocycles. The first-order valence-electron chi connectivity index (χ1n) is 6.06. The maximum absolute atomic E-state index is 11.8. The summed E-state index contributed by atoms with van der Waals surface area (Å²) in [5, 5.41) is 30.6. The molecule has 21 heavy (non-hydrogen) atoms. The minimum Gasteiger partial charge on any atom is -0.395 e. The lowest BCUT2D eigenvalue weighted by Crippen LogP contribution is -2.42. The number of carbonyl (C=O) groups is 2. The fourth-order valence-electron chi connectivity index (χ4n) is 1.61. The van der Waals surface area contributed by atoms with Gasteiger partial charge in [0, 0.05) is 19.2 Å². The van der Waals surface area contributed by atoms with Gasteiger partial charge in [0.05, 0.1) is 18.1 Å². The Morgan fingerprint density at radius 1 is 1.19 bits per heavy atom. The zero-order valence-electron chi connectivity index (χ0n) is 11.1. The Balaban J connectivity index is 2.85. The molecule has 0 radical (unpaired) electrons. The average Bonchev–Trinajstić information content (AvgIpc) is 2.46. The zero-order chi connectivity index (χ0) is 15.8. The molecule has 0 fully saturated rings. The average molecular weight is 297 g/mol. The van der Waals surface area contributed by atoms with Crippen LogP contribution in [0.15, 0.2) is 24.3 Å². The normalized spacial score (nSPS) is 10.0. The molecule has 114 valence electrons. The van der Waals surface area contributed by atoms with E-state index in [0.717, 1.165) is 4.90 Å². The van der Waals surface area contributed by atoms with Crippen molar-refractivity contribution in [1.29, 1.82) is 0 Å². The Labute approximate surface area is 119 Å². The number of benzene rings is 1. The Bertz CT molecular complexity index is 527. The molecule has 0 unspecified atom stereocenters. The summed E-state index contributed by atoms with van der Waals surface area (Å²) < 4.78 is 0. The lowest BCUT2D eigenvalue weighted by Gasteiger charge is -2.19. The fourth-order valence-corrected chi connectivity index (χ4v) is 1.61. The van der Waals surface area contributed by atoms with Crippen LogP contribution >= 0.6 is 0 Å². The van der Waals surface area contributed by atoms with Crippen molar-refractivity contribution >= 4 is 23.2 Å². The van der Waals surface area contributed by atoms with Gasteiger partial charge in [0.1, 0.15) is 5.69 Å². The lowest BCUT2D eigenvalue weighted by molar-refractivity contribution is -0.383. The summed E-state index contributed by atoms with van der Waals surface area (Å²) in [6, 6.07) is 5.40. The zero-order valence-corrected chi connectivity index (χ0v) is 11.1. The van der Waals surface area contributed by atoms with E-state index in [-0.39, 0.29) is 37.7 Å². The maximum Gasteiger partial charge on any atom is 0.314 e. The van der Waals surface area contributed by atoms with Crippen molar-refractivity contribution in [3.05, 3.63) is 34.4 Å². The molecule has 0 atom stereocenters. The van der Waals surface area contributed by atoms with Crippen molar-refractivity contribution in [2.45, 2.75) is 0 Å². The van der Waals surface area contributed by atoms with Crippen LogP contribution in [0.1, 0.15) is 0 Å². The van der Waals surface area contributed by atoms with Crippen molar-refractivity contribution in [3.8, 4) is 0 Å². The van der Waals surface area contributed by atoms with Crippen LogP contribution in [0.25, 0.3) is 0 Å². The highest BCUT2D eigenvalue weighted by Gasteiger charge is 2.23. The van der Waals surface area contributed by atoms with Crippen LogP contribution in [0.5, 0.6) is 0 Å². The molecule has 9 heteroatoms. The number of aliphatic hydroxyl groups excluding tert-OH is 2. The smallest absolute Gasteiger partial charge is 0.314 e. The highest BCUT2D eigenvalue weighted by Crippen LogP contribution is 2.23. The number of carbonyl (C=O) groups excluding carboxylic acids is 2. The number of para-hydroxylation sites is 2. The van der Waals surface area contributed by atoms with Gasteiger partial charge in [0.15, 0.2) is 0 Å². The fraction of sp³-hybridized carbons (Fsp3) is 0.333. The van der Waals surface area contributed by atoms with Crippen molar-refractivity contribution in [1.82, 2.24) is 4.90 Å². The molecule has 0 saturated heterocycles. The van der Waals surface area contributed by atoms with Gasteiger partial charge in [0.25, 0.3) is 5.69 Å². The Kier molecular flexibility index (Phi) is 6.24. The minimum absolute atomic E-state index is 0.103. The number of nitrogens with zero attached hydrogens (tertiary/aromatic N) is 2. The third kappa shape index (κ3) is 4.51. The summed E-state index contributed by atoms with van der Waals surface area (Å²) in [6.45, 7) is -0.984. The first kappa shape index (κ1) is 16.5. The lowest BCUT2D eigenvalue weighted by atomic mass is 10.2. The number of hydrogen-bond acceptors (Lipinski definition) is 6. The third-order valence-electron chi connectivity index (χ3n) is 2.57. The Morgan fingerprint density at radius 2 is 1.76 bits per heavy atom. The van der Waals surface area contributed by atoms with Gasteiger partial charge < -0.3 is 20.4 Å². The topological polar surface area (TPSA) is 133 Å². The maximum atomic E-state index is 11.8. The van der Waals surface area contributed by atoms with Gasteiger partial charge in [0.2, 0.25) is 0 Å². The van der Waals surface area contributed by atoms with Gasteiger partial charge in [-0.1, -0.05) is 12.1 Å². The molecule has 0 spiro atoms. The van der Waals surface area contributed by atoms with Crippen molar-refractivity contribution in [2.24, 2.45) is 0 Å². The Hall–Kier alpha value is -2.52. The molecule has 1 rings (SSSR count). The molecule has 3 N–H and O–H groups in total. The van der Waals surface area contributed by atoms with Gasteiger partial charge in [-0.2, -0.15) is 0 Å². The quantitative estimate of drug-likeness (QED) is 0.363. The highest BCUT2D eigenvalue weighted by molar-refractivity contribution is 6.39. The summed E-state index contributed by atoms with van der Waals surface area (Å²) in [4.78, 5) is 34.7. The van der Waals surface area contributed by atoms with E-state index in [9.17, 15) is 19.7 Å². The summed E-state index contributed by atoms with van der Waals surface area (Å²) in [7, 11) is 0. The number of hydrogen-bond donors (Lipinski definition) is 3. The third-order valence-corrected chi connectivity index (χ3v) is 2.57. The second kappa shape index (κ2) is 7.92. The molecule has 0 bridgehead atoms. The van der Waals surface area contributed by atoms with Gasteiger partial charge in [-0.05, 0) is 6.07 Å². The van der Waals surface area contributed by atoms with E-state index >= 15 is 0 Å². The number of aliphatic hydroxyl groups is 2. The Morgan fingerprint density at radius 3 is 2.29 bits per heavy atom. The summed E-state index contributed by atoms with van der Waals surface area (Å²) in [6.07, 6.45) is 0. The van der Waals surface area contributed by atoms with E-state index in [2.05, 4.69) is 5.32 Å². The number of anilines is 1. The largest absolute Gasteiger partial charge is 0.395 e. The molecule has 0 aliphatic carbocycles. The van der Waals surface area contributed by atoms with E-state index in [1.54, 1.807) is 0 Å². The van der Waals surface area contributed by atoms with E-state index in [1.165, 1.54) is 24.3 Å². The van der Waals surface area contributed by atoms with Crippen LogP contribution < -0.4 is 5.32 Å². The second-order valence-corrected chi connectivity index (χ2v) is 3.97. The molecular formula is C12H15N3O6. The molecule has 0 aromatic heterocycles. The predicted molar refractivity (Wildman–Crippen MR) is 72.5 cm³/mol. The molecular weight excluding hydrogens is 282 g/mol. The molecule has 1 aromatic carbocycles. The second-order valence-electron chi connectivity index (χ2n) is 3.97. The highest BCUT2D eigenvalue weighted by atomic mass is 16.6. The van der Waals surface area contributed by atoms with Crippen LogP contribution in [-0.2, 0) is 9.59 Å². The molecule has 0 saturated carbocycles.